The second-order valence-corrected chi connectivity index (χ2v) is 10.1. The van der Waals surface area contributed by atoms with Gasteiger partial charge in [-0.05, 0) is 43.2 Å². The fourth-order valence-corrected chi connectivity index (χ4v) is 5.67. The molecule has 34 heavy (non-hydrogen) atoms. The SMILES string of the molecule is N#Cc1ccccc1OCC(=O)Nc1cc(S(=O)(=O)N2CCCCC2)ccc1N1CCOCC1. The summed E-state index contributed by atoms with van der Waals surface area (Å²) in [5, 5.41) is 12.0. The molecule has 2 fully saturated rings. The van der Waals surface area contributed by atoms with Crippen LogP contribution in [-0.4, -0.2) is 64.6 Å². The van der Waals surface area contributed by atoms with E-state index in [0.29, 0.717) is 56.4 Å². The predicted molar refractivity (Wildman–Crippen MR) is 127 cm³/mol. The summed E-state index contributed by atoms with van der Waals surface area (Å²) in [6, 6.07) is 13.6. The van der Waals surface area contributed by atoms with Crippen LogP contribution in [0.25, 0.3) is 0 Å². The Morgan fingerprint density at radius 1 is 1.06 bits per heavy atom. The Bertz CT molecular complexity index is 1170. The summed E-state index contributed by atoms with van der Waals surface area (Å²) in [5.74, 6) is -0.134. The number of nitriles is 1. The van der Waals surface area contributed by atoms with Crippen molar-refractivity contribution in [3.63, 3.8) is 0 Å². The lowest BCUT2D eigenvalue weighted by atomic mass is 10.2. The normalized spacial score (nSPS) is 17.1. The van der Waals surface area contributed by atoms with Crippen molar-refractivity contribution in [3.8, 4) is 11.8 Å². The van der Waals surface area contributed by atoms with Crippen LogP contribution >= 0.6 is 0 Å². The zero-order valence-electron chi connectivity index (χ0n) is 18.9. The van der Waals surface area contributed by atoms with Gasteiger partial charge in [0.2, 0.25) is 10.0 Å². The second kappa shape index (κ2) is 10.9. The topological polar surface area (TPSA) is 112 Å². The number of rotatable bonds is 7. The highest BCUT2D eigenvalue weighted by atomic mass is 32.2. The number of ether oxygens (including phenoxy) is 2. The van der Waals surface area contributed by atoms with E-state index < -0.39 is 15.9 Å². The van der Waals surface area contributed by atoms with Crippen molar-refractivity contribution in [1.29, 1.82) is 5.26 Å². The van der Waals surface area contributed by atoms with E-state index in [4.69, 9.17) is 9.47 Å². The highest BCUT2D eigenvalue weighted by Crippen LogP contribution is 2.31. The largest absolute Gasteiger partial charge is 0.482 e. The lowest BCUT2D eigenvalue weighted by Gasteiger charge is -2.31. The van der Waals surface area contributed by atoms with E-state index in [1.165, 1.54) is 10.4 Å². The van der Waals surface area contributed by atoms with Crippen LogP contribution in [0, 0.1) is 11.3 Å². The number of piperidine rings is 1. The van der Waals surface area contributed by atoms with Crippen LogP contribution < -0.4 is 15.0 Å². The Morgan fingerprint density at radius 3 is 2.53 bits per heavy atom. The average Bonchev–Trinajstić information content (AvgIpc) is 2.88. The first-order chi connectivity index (χ1) is 16.5. The molecule has 0 atom stereocenters. The number of amides is 1. The monoisotopic (exact) mass is 484 g/mol. The van der Waals surface area contributed by atoms with Crippen molar-refractivity contribution in [2.24, 2.45) is 0 Å². The Labute approximate surface area is 199 Å². The van der Waals surface area contributed by atoms with Crippen LogP contribution in [0.15, 0.2) is 47.4 Å². The molecule has 2 aromatic carbocycles. The fourth-order valence-electron chi connectivity index (χ4n) is 4.12. The Balaban J connectivity index is 1.57. The second-order valence-electron chi connectivity index (χ2n) is 8.19. The van der Waals surface area contributed by atoms with Gasteiger partial charge in [0.15, 0.2) is 6.61 Å². The molecule has 0 radical (unpaired) electrons. The molecule has 0 unspecified atom stereocenters. The number of benzene rings is 2. The molecule has 0 saturated carbocycles. The van der Waals surface area contributed by atoms with Crippen LogP contribution in [0.1, 0.15) is 24.8 Å². The fraction of sp³-hybridized carbons (Fsp3) is 0.417. The van der Waals surface area contributed by atoms with E-state index in [1.54, 1.807) is 36.4 Å². The third-order valence-corrected chi connectivity index (χ3v) is 7.81. The third-order valence-electron chi connectivity index (χ3n) is 5.91. The minimum atomic E-state index is -3.66. The molecule has 2 aliphatic rings. The smallest absolute Gasteiger partial charge is 0.262 e. The van der Waals surface area contributed by atoms with E-state index in [2.05, 4.69) is 10.2 Å². The van der Waals surface area contributed by atoms with Gasteiger partial charge in [0.1, 0.15) is 11.8 Å². The number of para-hydroxylation sites is 1. The van der Waals surface area contributed by atoms with Crippen molar-refractivity contribution in [2.45, 2.75) is 24.2 Å². The molecular formula is C24H28N4O5S. The van der Waals surface area contributed by atoms with Gasteiger partial charge in [-0.15, -0.1) is 0 Å². The number of nitrogens with zero attached hydrogens (tertiary/aromatic N) is 3. The van der Waals surface area contributed by atoms with E-state index in [-0.39, 0.29) is 11.5 Å². The van der Waals surface area contributed by atoms with Gasteiger partial charge in [0.05, 0.1) is 35.0 Å². The highest BCUT2D eigenvalue weighted by Gasteiger charge is 2.27. The molecule has 1 amide bonds. The minimum Gasteiger partial charge on any atom is -0.482 e. The standard InChI is InChI=1S/C24H28N4O5S/c25-17-19-6-2-3-7-23(19)33-18-24(29)26-21-16-20(34(30,31)28-10-4-1-5-11-28)8-9-22(21)27-12-14-32-15-13-27/h2-3,6-9,16H,1,4-5,10-15,18H2,(H,26,29). The molecule has 1 N–H and O–H groups in total. The molecule has 0 bridgehead atoms. The maximum atomic E-state index is 13.2. The number of anilines is 2. The van der Waals surface area contributed by atoms with Gasteiger partial charge in [-0.2, -0.15) is 9.57 Å². The van der Waals surface area contributed by atoms with E-state index >= 15 is 0 Å². The summed E-state index contributed by atoms with van der Waals surface area (Å²) in [4.78, 5) is 15.0. The maximum absolute atomic E-state index is 13.2. The quantitative estimate of drug-likeness (QED) is 0.643. The van der Waals surface area contributed by atoms with Crippen LogP contribution in [0.5, 0.6) is 5.75 Å². The highest BCUT2D eigenvalue weighted by molar-refractivity contribution is 7.89. The average molecular weight is 485 g/mol. The Morgan fingerprint density at radius 2 is 1.79 bits per heavy atom. The molecular weight excluding hydrogens is 456 g/mol. The number of hydrogen-bond acceptors (Lipinski definition) is 7. The van der Waals surface area contributed by atoms with Crippen molar-refractivity contribution in [1.82, 2.24) is 4.31 Å². The zero-order valence-corrected chi connectivity index (χ0v) is 19.7. The first-order valence-electron chi connectivity index (χ1n) is 11.4. The zero-order chi connectivity index (χ0) is 24.0. The molecule has 2 heterocycles. The first kappa shape index (κ1) is 24.0. The van der Waals surface area contributed by atoms with Crippen LogP contribution in [0.2, 0.25) is 0 Å². The molecule has 2 aromatic rings. The predicted octanol–water partition coefficient (Wildman–Crippen LogP) is 2.59. The van der Waals surface area contributed by atoms with Gasteiger partial charge >= 0.3 is 0 Å². The van der Waals surface area contributed by atoms with E-state index in [9.17, 15) is 18.5 Å². The van der Waals surface area contributed by atoms with E-state index in [1.807, 2.05) is 6.07 Å². The molecule has 0 aromatic heterocycles. The molecule has 9 nitrogen and oxygen atoms in total. The van der Waals surface area contributed by atoms with Crippen molar-refractivity contribution < 1.29 is 22.7 Å². The summed E-state index contributed by atoms with van der Waals surface area (Å²) in [7, 11) is -3.66. The van der Waals surface area contributed by atoms with Gasteiger partial charge in [-0.1, -0.05) is 18.6 Å². The Hall–Kier alpha value is -3.13. The van der Waals surface area contributed by atoms with E-state index in [0.717, 1.165) is 24.9 Å². The van der Waals surface area contributed by atoms with Crippen LogP contribution in [0.4, 0.5) is 11.4 Å². The van der Waals surface area contributed by atoms with Gasteiger partial charge in [0.25, 0.3) is 5.91 Å². The van der Waals surface area contributed by atoms with Gasteiger partial charge in [0, 0.05) is 26.2 Å². The lowest BCUT2D eigenvalue weighted by molar-refractivity contribution is -0.118. The van der Waals surface area contributed by atoms with Gasteiger partial charge in [-0.3, -0.25) is 4.79 Å². The number of nitrogens with one attached hydrogen (secondary N) is 1. The van der Waals surface area contributed by atoms with Crippen molar-refractivity contribution in [2.75, 3.05) is 56.2 Å². The number of hydrogen-bond donors (Lipinski definition) is 1. The minimum absolute atomic E-state index is 0.150. The summed E-state index contributed by atoms with van der Waals surface area (Å²) >= 11 is 0. The molecule has 10 heteroatoms. The van der Waals surface area contributed by atoms with Gasteiger partial charge < -0.3 is 19.7 Å². The van der Waals surface area contributed by atoms with Crippen LogP contribution in [-0.2, 0) is 19.6 Å². The third kappa shape index (κ3) is 5.50. The summed E-state index contributed by atoms with van der Waals surface area (Å²) in [6.07, 6.45) is 2.71. The van der Waals surface area contributed by atoms with Crippen molar-refractivity contribution in [3.05, 3.63) is 48.0 Å². The number of carbonyl (C=O) groups excluding carboxylic acids is 1. The molecule has 180 valence electrons. The number of carbonyl (C=O) groups is 1. The molecule has 0 aliphatic carbocycles. The lowest BCUT2D eigenvalue weighted by Crippen LogP contribution is -2.37. The van der Waals surface area contributed by atoms with Crippen molar-refractivity contribution >= 4 is 27.3 Å². The number of morpholine rings is 1. The molecule has 0 spiro atoms. The van der Waals surface area contributed by atoms with Gasteiger partial charge in [-0.25, -0.2) is 8.42 Å². The molecule has 2 saturated heterocycles. The summed E-state index contributed by atoms with van der Waals surface area (Å²) in [5.41, 5.74) is 1.47. The summed E-state index contributed by atoms with van der Waals surface area (Å²) < 4.78 is 38.9. The van der Waals surface area contributed by atoms with Crippen LogP contribution in [0.3, 0.4) is 0 Å². The Kier molecular flexibility index (Phi) is 7.67. The maximum Gasteiger partial charge on any atom is 0.262 e. The number of sulfonamides is 1. The molecule has 4 rings (SSSR count). The summed E-state index contributed by atoms with van der Waals surface area (Å²) in [6.45, 7) is 3.05. The first-order valence-corrected chi connectivity index (χ1v) is 12.8. The molecule has 2 aliphatic heterocycles.